The Balaban J connectivity index is 1.11. The van der Waals surface area contributed by atoms with Gasteiger partial charge in [-0.1, -0.05) is 36.5 Å². The summed E-state index contributed by atoms with van der Waals surface area (Å²) in [6.45, 7) is 6.84. The largest absolute Gasteiger partial charge is 0.457 e. The zero-order valence-corrected chi connectivity index (χ0v) is 27.9. The van der Waals surface area contributed by atoms with Gasteiger partial charge in [-0.2, -0.15) is 13.2 Å². The van der Waals surface area contributed by atoms with Crippen LogP contribution >= 0.6 is 11.3 Å². The molecule has 1 aliphatic heterocycles. The number of hydrogen-bond donors (Lipinski definition) is 1. The van der Waals surface area contributed by atoms with Gasteiger partial charge < -0.3 is 24.4 Å². The fourth-order valence-corrected chi connectivity index (χ4v) is 7.12. The van der Waals surface area contributed by atoms with Crippen LogP contribution in [0.2, 0.25) is 0 Å². The van der Waals surface area contributed by atoms with Crippen LogP contribution in [0.15, 0.2) is 84.9 Å². The first-order valence-electron chi connectivity index (χ1n) is 16.6. The monoisotopic (exact) mass is 699 g/mol. The van der Waals surface area contributed by atoms with Crippen LogP contribution in [0.1, 0.15) is 31.4 Å². The Morgan fingerprint density at radius 2 is 1.60 bits per heavy atom. The Labute approximate surface area is 290 Å². The molecule has 8 nitrogen and oxygen atoms in total. The summed E-state index contributed by atoms with van der Waals surface area (Å²) < 4.78 is 61.6. The number of nitrogens with one attached hydrogen (secondary N) is 1. The highest BCUT2D eigenvalue weighted by Gasteiger charge is 2.31. The highest BCUT2D eigenvalue weighted by molar-refractivity contribution is 7.18. The molecule has 50 heavy (non-hydrogen) atoms. The number of alkyl halides is 3. The van der Waals surface area contributed by atoms with Gasteiger partial charge in [0.1, 0.15) is 28.1 Å². The molecular weight excluding hydrogens is 667 g/mol. The lowest BCUT2D eigenvalue weighted by atomic mass is 10.2. The van der Waals surface area contributed by atoms with Crippen molar-refractivity contribution in [3.8, 4) is 33.5 Å². The van der Waals surface area contributed by atoms with E-state index in [1.165, 1.54) is 35.6 Å². The second-order valence-corrected chi connectivity index (χ2v) is 13.5. The molecule has 13 heteroatoms. The van der Waals surface area contributed by atoms with E-state index in [0.29, 0.717) is 21.9 Å². The lowest BCUT2D eigenvalue weighted by Gasteiger charge is -2.36. The van der Waals surface area contributed by atoms with Crippen molar-refractivity contribution in [3.05, 3.63) is 96.3 Å². The van der Waals surface area contributed by atoms with Gasteiger partial charge >= 0.3 is 6.18 Å². The molecule has 4 aromatic carbocycles. The number of imidazole rings is 1. The van der Waals surface area contributed by atoms with Crippen LogP contribution in [0.5, 0.6) is 11.5 Å². The van der Waals surface area contributed by atoms with Crippen LogP contribution in [-0.4, -0.2) is 57.4 Å². The van der Waals surface area contributed by atoms with Gasteiger partial charge in [-0.15, -0.1) is 10.2 Å². The maximum absolute atomic E-state index is 13.8. The van der Waals surface area contributed by atoms with Gasteiger partial charge in [0.15, 0.2) is 0 Å². The number of likely N-dealkylation sites (N-methyl/N-ethyl adjacent to an activating group) is 1. The van der Waals surface area contributed by atoms with Crippen molar-refractivity contribution in [2.24, 2.45) is 0 Å². The highest BCUT2D eigenvalue weighted by Crippen LogP contribution is 2.44. The van der Waals surface area contributed by atoms with E-state index in [4.69, 9.17) is 9.72 Å². The number of piperazine rings is 1. The third-order valence-corrected chi connectivity index (χ3v) is 10.0. The Bertz CT molecular complexity index is 2150. The van der Waals surface area contributed by atoms with Crippen LogP contribution in [0, 0.1) is 5.82 Å². The number of anilines is 3. The van der Waals surface area contributed by atoms with Crippen molar-refractivity contribution < 1.29 is 22.3 Å². The van der Waals surface area contributed by atoms with E-state index in [2.05, 4.69) is 48.9 Å². The number of halogens is 4. The maximum atomic E-state index is 13.8. The van der Waals surface area contributed by atoms with Crippen molar-refractivity contribution >= 4 is 38.9 Å². The number of aromatic nitrogens is 4. The van der Waals surface area contributed by atoms with E-state index in [1.54, 1.807) is 30.3 Å². The first kappa shape index (κ1) is 32.2. The van der Waals surface area contributed by atoms with E-state index in [9.17, 15) is 17.6 Å². The Kier molecular flexibility index (Phi) is 8.39. The van der Waals surface area contributed by atoms with Crippen molar-refractivity contribution in [2.45, 2.75) is 32.0 Å². The molecule has 0 amide bonds. The predicted molar refractivity (Wildman–Crippen MR) is 188 cm³/mol. The minimum Gasteiger partial charge on any atom is -0.457 e. The molecule has 1 N–H and O–H groups in total. The summed E-state index contributed by atoms with van der Waals surface area (Å²) >= 11 is 1.36. The molecule has 0 radical (unpaired) electrons. The molecule has 0 spiro atoms. The molecule has 0 atom stereocenters. The van der Waals surface area contributed by atoms with Crippen molar-refractivity contribution in [1.82, 2.24) is 24.6 Å². The van der Waals surface area contributed by atoms with Gasteiger partial charge in [0.05, 0.1) is 28.0 Å². The molecule has 8 rings (SSSR count). The van der Waals surface area contributed by atoms with Gasteiger partial charge in [-0.05, 0) is 86.1 Å². The zero-order chi connectivity index (χ0) is 34.4. The summed E-state index contributed by atoms with van der Waals surface area (Å²) in [7, 11) is 0. The summed E-state index contributed by atoms with van der Waals surface area (Å²) in [5.41, 5.74) is 4.60. The molecule has 2 aromatic heterocycles. The molecule has 0 unspecified atom stereocenters. The molecule has 1 saturated carbocycles. The summed E-state index contributed by atoms with van der Waals surface area (Å²) in [6.07, 6.45) is -2.32. The third kappa shape index (κ3) is 6.62. The fraction of sp³-hybridized carbons (Fsp3) is 0.270. The number of fused-ring (bicyclic) bond motifs is 1. The number of ether oxygens (including phenoxy) is 1. The minimum atomic E-state index is -4.46. The normalized spacial score (nSPS) is 15.5. The fourth-order valence-electron chi connectivity index (χ4n) is 6.37. The molecule has 2 fully saturated rings. The molecule has 3 heterocycles. The van der Waals surface area contributed by atoms with E-state index in [1.807, 2.05) is 6.07 Å². The molecule has 0 bridgehead atoms. The van der Waals surface area contributed by atoms with Crippen LogP contribution in [-0.2, 0) is 6.18 Å². The Morgan fingerprint density at radius 3 is 2.32 bits per heavy atom. The van der Waals surface area contributed by atoms with Gasteiger partial charge in [0.25, 0.3) is 0 Å². The third-order valence-electron chi connectivity index (χ3n) is 9.13. The SMILES string of the molecule is CCN1CCN(c2cc3c(cc2Nc2nnc(-c4cccc(Oc5cccc(C(F)(F)F)c5)c4)s2)nc(-c2ccc(F)cc2)n3C2CC2)CC1. The van der Waals surface area contributed by atoms with Gasteiger partial charge in [-0.25, -0.2) is 9.37 Å². The summed E-state index contributed by atoms with van der Waals surface area (Å²) in [5, 5.41) is 13.6. The first-order chi connectivity index (χ1) is 24.2. The lowest BCUT2D eigenvalue weighted by molar-refractivity contribution is -0.137. The Hall–Kier alpha value is -5.01. The molecule has 256 valence electrons. The van der Waals surface area contributed by atoms with Crippen molar-refractivity contribution in [2.75, 3.05) is 42.9 Å². The molecule has 6 aromatic rings. The van der Waals surface area contributed by atoms with Crippen LogP contribution in [0.25, 0.3) is 33.0 Å². The average molecular weight is 700 g/mol. The van der Waals surface area contributed by atoms with Crippen molar-refractivity contribution in [1.29, 1.82) is 0 Å². The molecule has 1 saturated heterocycles. The number of nitrogens with zero attached hydrogens (tertiary/aromatic N) is 6. The van der Waals surface area contributed by atoms with E-state index in [0.717, 1.165) is 97.1 Å². The van der Waals surface area contributed by atoms with Gasteiger partial charge in [-0.3, -0.25) is 0 Å². The quantitative estimate of drug-likeness (QED) is 0.151. The number of rotatable bonds is 9. The van der Waals surface area contributed by atoms with E-state index < -0.39 is 11.7 Å². The van der Waals surface area contributed by atoms with E-state index in [-0.39, 0.29) is 11.6 Å². The van der Waals surface area contributed by atoms with Crippen LogP contribution in [0.4, 0.5) is 34.1 Å². The molecule has 1 aliphatic carbocycles. The van der Waals surface area contributed by atoms with Crippen LogP contribution < -0.4 is 15.0 Å². The van der Waals surface area contributed by atoms with Gasteiger partial charge in [0.2, 0.25) is 5.13 Å². The highest BCUT2D eigenvalue weighted by atomic mass is 32.1. The summed E-state index contributed by atoms with van der Waals surface area (Å²) in [6, 6.07) is 23.0. The van der Waals surface area contributed by atoms with Gasteiger partial charge in [0, 0.05) is 43.3 Å². The average Bonchev–Trinajstić information content (AvgIpc) is 3.73. The lowest BCUT2D eigenvalue weighted by Crippen LogP contribution is -2.46. The first-order valence-corrected chi connectivity index (χ1v) is 17.4. The van der Waals surface area contributed by atoms with Crippen molar-refractivity contribution in [3.63, 3.8) is 0 Å². The second-order valence-electron chi connectivity index (χ2n) is 12.5. The van der Waals surface area contributed by atoms with Crippen LogP contribution in [0.3, 0.4) is 0 Å². The standard InChI is InChI=1S/C37H33F4N7OS/c1-2-46-15-17-47(18-16-46)32-22-33-31(42-34(48(33)27-13-14-27)23-9-11-26(38)12-10-23)21-30(32)43-36-45-44-35(50-36)24-5-3-7-28(19-24)49-29-8-4-6-25(20-29)37(39,40)41/h3-12,19-22,27H,2,13-18H2,1H3,(H,43,45). The minimum absolute atomic E-state index is 0.0889. The number of benzene rings is 4. The zero-order valence-electron chi connectivity index (χ0n) is 27.1. The maximum Gasteiger partial charge on any atom is 0.416 e. The smallest absolute Gasteiger partial charge is 0.416 e. The van der Waals surface area contributed by atoms with E-state index >= 15 is 0 Å². The predicted octanol–water partition coefficient (Wildman–Crippen LogP) is 9.39. The summed E-state index contributed by atoms with van der Waals surface area (Å²) in [4.78, 5) is 9.90. The Morgan fingerprint density at radius 1 is 0.860 bits per heavy atom. The topological polar surface area (TPSA) is 71.3 Å². The molecule has 2 aliphatic rings. The summed E-state index contributed by atoms with van der Waals surface area (Å²) in [5.74, 6) is 1.01. The second kappa shape index (κ2) is 13.0. The molecular formula is C37H33F4N7OS. The number of hydrogen-bond acceptors (Lipinski definition) is 8.